The summed E-state index contributed by atoms with van der Waals surface area (Å²) in [5, 5.41) is 11.8. The van der Waals surface area contributed by atoms with Gasteiger partial charge in [0.25, 0.3) is 5.91 Å². The van der Waals surface area contributed by atoms with E-state index in [1.165, 1.54) is 12.1 Å². The Bertz CT molecular complexity index is 961. The van der Waals surface area contributed by atoms with Gasteiger partial charge in [-0.2, -0.15) is 0 Å². The Hall–Kier alpha value is -3.19. The summed E-state index contributed by atoms with van der Waals surface area (Å²) in [5.74, 6) is 0.525. The third-order valence-electron chi connectivity index (χ3n) is 5.37. The molecule has 2 atom stereocenters. The normalized spacial score (nSPS) is 19.7. The van der Waals surface area contributed by atoms with E-state index in [2.05, 4.69) is 16.9 Å². The predicted octanol–water partition coefficient (Wildman–Crippen LogP) is 3.43. The largest absolute Gasteiger partial charge is 0.494 e. The predicted molar refractivity (Wildman–Crippen MR) is 121 cm³/mol. The van der Waals surface area contributed by atoms with Crippen LogP contribution in [0.5, 0.6) is 5.75 Å². The Labute approximate surface area is 187 Å². The summed E-state index contributed by atoms with van der Waals surface area (Å²) in [7, 11) is 0. The molecule has 7 heteroatoms. The van der Waals surface area contributed by atoms with Crippen LogP contribution in [0, 0.1) is 5.82 Å². The molecule has 6 nitrogen and oxygen atoms in total. The topological polar surface area (TPSA) is 80.2 Å². The summed E-state index contributed by atoms with van der Waals surface area (Å²) in [6.07, 6.45) is 2.58. The van der Waals surface area contributed by atoms with Crippen LogP contribution in [0.3, 0.4) is 0 Å². The summed E-state index contributed by atoms with van der Waals surface area (Å²) in [6.45, 7) is 6.48. The average molecular weight is 441 g/mol. The van der Waals surface area contributed by atoms with E-state index >= 15 is 0 Å². The van der Waals surface area contributed by atoms with Crippen LogP contribution in [0.1, 0.15) is 30.9 Å². The molecule has 1 amide bonds. The number of rotatable bonds is 11. The summed E-state index contributed by atoms with van der Waals surface area (Å²) in [4.78, 5) is 17.8. The molecular weight excluding hydrogens is 411 g/mol. The second-order valence-electron chi connectivity index (χ2n) is 7.68. The van der Waals surface area contributed by atoms with Gasteiger partial charge < -0.3 is 19.9 Å². The number of carbonyl (C=O) groups excluding carboxylic acids is 1. The first-order chi connectivity index (χ1) is 15.5. The van der Waals surface area contributed by atoms with Crippen molar-refractivity contribution < 1.29 is 23.8 Å². The van der Waals surface area contributed by atoms with Crippen molar-refractivity contribution in [3.05, 3.63) is 78.1 Å². The Morgan fingerprint density at radius 2 is 2.12 bits per heavy atom. The fourth-order valence-electron chi connectivity index (χ4n) is 3.57. The highest BCUT2D eigenvalue weighted by molar-refractivity contribution is 6.00. The van der Waals surface area contributed by atoms with Crippen LogP contribution in [0.15, 0.2) is 66.2 Å². The number of aliphatic hydroxyl groups excluding tert-OH is 1. The van der Waals surface area contributed by atoms with Crippen molar-refractivity contribution >= 4 is 11.8 Å². The third-order valence-corrected chi connectivity index (χ3v) is 5.37. The van der Waals surface area contributed by atoms with Gasteiger partial charge in [-0.1, -0.05) is 18.2 Å². The van der Waals surface area contributed by atoms with Crippen LogP contribution in [0.25, 0.3) is 0 Å². The molecule has 2 aromatic carbocycles. The zero-order valence-corrected chi connectivity index (χ0v) is 18.2. The lowest BCUT2D eigenvalue weighted by atomic mass is 9.89. The lowest BCUT2D eigenvalue weighted by Gasteiger charge is -2.26. The number of nitrogens with zero attached hydrogens (tertiary/aromatic N) is 1. The Balaban J connectivity index is 1.70. The van der Waals surface area contributed by atoms with Crippen molar-refractivity contribution in [3.8, 4) is 5.75 Å². The van der Waals surface area contributed by atoms with E-state index in [1.54, 1.807) is 24.3 Å². The van der Waals surface area contributed by atoms with Crippen LogP contribution < -0.4 is 10.1 Å². The van der Waals surface area contributed by atoms with E-state index < -0.39 is 11.6 Å². The van der Waals surface area contributed by atoms with Crippen LogP contribution in [0.4, 0.5) is 4.39 Å². The number of benzene rings is 2. The molecule has 0 saturated carbocycles. The van der Waals surface area contributed by atoms with Crippen molar-refractivity contribution in [2.45, 2.75) is 37.8 Å². The monoisotopic (exact) mass is 440 g/mol. The average Bonchev–Trinajstić information content (AvgIpc) is 3.12. The summed E-state index contributed by atoms with van der Waals surface area (Å²) < 4.78 is 24.9. The maximum Gasteiger partial charge on any atom is 0.252 e. The van der Waals surface area contributed by atoms with E-state index in [9.17, 15) is 9.18 Å². The van der Waals surface area contributed by atoms with E-state index in [-0.39, 0.29) is 18.3 Å². The molecule has 2 aromatic rings. The molecule has 0 bridgehead atoms. The van der Waals surface area contributed by atoms with E-state index in [0.29, 0.717) is 44.1 Å². The Morgan fingerprint density at radius 3 is 2.81 bits per heavy atom. The van der Waals surface area contributed by atoms with Gasteiger partial charge in [-0.15, -0.1) is 6.58 Å². The number of ether oxygens (including phenoxy) is 2. The molecule has 0 radical (unpaired) electrons. The zero-order valence-electron chi connectivity index (χ0n) is 18.2. The number of amides is 1. The maximum absolute atomic E-state index is 13.4. The molecular formula is C25H29FN2O4. The Morgan fingerprint density at radius 1 is 1.34 bits per heavy atom. The molecule has 32 heavy (non-hydrogen) atoms. The van der Waals surface area contributed by atoms with Crippen LogP contribution >= 0.6 is 0 Å². The number of hydrogen-bond donors (Lipinski definition) is 2. The maximum atomic E-state index is 13.4. The van der Waals surface area contributed by atoms with Crippen molar-refractivity contribution in [1.29, 1.82) is 0 Å². The van der Waals surface area contributed by atoms with E-state index in [4.69, 9.17) is 14.6 Å². The highest BCUT2D eigenvalue weighted by Gasteiger charge is 2.49. The first kappa shape index (κ1) is 23.5. The number of aliphatic imine (C=N–C) groups is 1. The van der Waals surface area contributed by atoms with Gasteiger partial charge in [-0.25, -0.2) is 9.38 Å². The van der Waals surface area contributed by atoms with Gasteiger partial charge in [0.15, 0.2) is 5.54 Å². The number of aliphatic hydroxyl groups is 1. The third kappa shape index (κ3) is 5.53. The van der Waals surface area contributed by atoms with Gasteiger partial charge in [0.1, 0.15) is 17.7 Å². The van der Waals surface area contributed by atoms with E-state index in [0.717, 1.165) is 11.1 Å². The van der Waals surface area contributed by atoms with Gasteiger partial charge in [-0.3, -0.25) is 4.79 Å². The van der Waals surface area contributed by atoms with E-state index in [1.807, 2.05) is 25.1 Å². The summed E-state index contributed by atoms with van der Waals surface area (Å²) >= 11 is 0. The molecule has 1 aliphatic heterocycles. The highest BCUT2D eigenvalue weighted by atomic mass is 19.1. The highest BCUT2D eigenvalue weighted by Crippen LogP contribution is 2.32. The zero-order chi connectivity index (χ0) is 23.0. The molecule has 1 heterocycles. The summed E-state index contributed by atoms with van der Waals surface area (Å²) in [5.41, 5.74) is 0.434. The minimum atomic E-state index is -1.12. The molecule has 170 valence electrons. The fourth-order valence-corrected chi connectivity index (χ4v) is 3.57. The van der Waals surface area contributed by atoms with Gasteiger partial charge in [-0.05, 0) is 55.3 Å². The van der Waals surface area contributed by atoms with Crippen molar-refractivity contribution in [2.24, 2.45) is 4.99 Å². The second kappa shape index (κ2) is 10.9. The minimum Gasteiger partial charge on any atom is -0.494 e. The van der Waals surface area contributed by atoms with Crippen molar-refractivity contribution in [3.63, 3.8) is 0 Å². The van der Waals surface area contributed by atoms with Crippen molar-refractivity contribution in [1.82, 2.24) is 5.32 Å². The summed E-state index contributed by atoms with van der Waals surface area (Å²) in [6, 6.07) is 13.6. The number of nitrogens with one attached hydrogen (secondary N) is 1. The molecule has 0 aliphatic carbocycles. The molecule has 0 aromatic heterocycles. The molecule has 0 saturated heterocycles. The standard InChI is InChI=1S/C25H29FN2O4/c1-3-13-25(24(30)27-14-12-19-6-4-7-21(26)17-19)18(2)32-23(28-25)20-8-10-22(11-9-20)31-16-5-15-29/h3-4,6-11,17-18,29H,1,5,12-16H2,2H3,(H,27,30)/t18-,25-/m1/s1. The fraction of sp³-hybridized carbons (Fsp3) is 0.360. The van der Waals surface area contributed by atoms with Gasteiger partial charge in [0.05, 0.1) is 6.61 Å². The molecule has 0 fully saturated rings. The SMILES string of the molecule is C=CC[C@@]1(C(=O)NCCc2cccc(F)c2)N=C(c2ccc(OCCCO)cc2)O[C@@H]1C. The van der Waals surface area contributed by atoms with Crippen molar-refractivity contribution in [2.75, 3.05) is 19.8 Å². The Kier molecular flexibility index (Phi) is 8.00. The quantitative estimate of drug-likeness (QED) is 0.415. The number of halogens is 1. The van der Waals surface area contributed by atoms with Crippen LogP contribution in [0.2, 0.25) is 0 Å². The first-order valence-corrected chi connectivity index (χ1v) is 10.7. The molecule has 1 aliphatic rings. The minimum absolute atomic E-state index is 0.0797. The first-order valence-electron chi connectivity index (χ1n) is 10.7. The smallest absolute Gasteiger partial charge is 0.252 e. The number of hydrogen-bond acceptors (Lipinski definition) is 5. The molecule has 0 spiro atoms. The molecule has 3 rings (SSSR count). The van der Waals surface area contributed by atoms with Crippen LogP contribution in [-0.4, -0.2) is 48.3 Å². The lowest BCUT2D eigenvalue weighted by Crippen LogP contribution is -2.51. The lowest BCUT2D eigenvalue weighted by molar-refractivity contribution is -0.128. The molecule has 0 unspecified atom stereocenters. The second-order valence-corrected chi connectivity index (χ2v) is 7.68. The van der Waals surface area contributed by atoms with Gasteiger partial charge in [0, 0.05) is 31.6 Å². The number of carbonyl (C=O) groups is 1. The molecule has 2 N–H and O–H groups in total. The van der Waals surface area contributed by atoms with Crippen LogP contribution in [-0.2, 0) is 16.0 Å². The van der Waals surface area contributed by atoms with Gasteiger partial charge in [0.2, 0.25) is 5.90 Å². The van der Waals surface area contributed by atoms with Gasteiger partial charge >= 0.3 is 0 Å².